The molecule has 0 saturated heterocycles. The largest absolute Gasteiger partial charge is 0.416 e. The molecule has 0 radical (unpaired) electrons. The van der Waals surface area contributed by atoms with Crippen molar-refractivity contribution in [2.24, 2.45) is 0 Å². The van der Waals surface area contributed by atoms with Crippen LogP contribution in [0.15, 0.2) is 42.5 Å². The number of hydrogen-bond donors (Lipinski definition) is 0. The van der Waals surface area contributed by atoms with Crippen LogP contribution in [0.3, 0.4) is 0 Å². The average Bonchev–Trinajstić information content (AvgIpc) is 2.51. The lowest BCUT2D eigenvalue weighted by Gasteiger charge is -2.09. The summed E-state index contributed by atoms with van der Waals surface area (Å²) in [5.41, 5.74) is -2.32. The Hall–Kier alpha value is -2.93. The van der Waals surface area contributed by atoms with Crippen molar-refractivity contribution in [2.45, 2.75) is 12.4 Å². The molecule has 2 aromatic carbocycles. The SMILES string of the molecule is [C-]#[N+]c1ccc(C#Cc2ccc(C(F)(F)F)cc2)c(C(F)(F)F)c1. The molecule has 24 heavy (non-hydrogen) atoms. The lowest BCUT2D eigenvalue weighted by Crippen LogP contribution is -2.07. The van der Waals surface area contributed by atoms with Crippen molar-refractivity contribution >= 4 is 5.69 Å². The molecule has 0 fully saturated rings. The molecule has 0 heterocycles. The van der Waals surface area contributed by atoms with Crippen molar-refractivity contribution in [3.05, 3.63) is 76.1 Å². The van der Waals surface area contributed by atoms with Crippen LogP contribution in [0.25, 0.3) is 4.85 Å². The molecule has 0 unspecified atom stereocenters. The van der Waals surface area contributed by atoms with E-state index in [9.17, 15) is 26.3 Å². The van der Waals surface area contributed by atoms with Crippen molar-refractivity contribution in [1.29, 1.82) is 0 Å². The standard InChI is InChI=1S/C17H7F6N/c1-24-14-9-6-12(15(10-14)17(21,22)23)5-2-11-3-7-13(8-4-11)16(18,19)20/h3-4,6-10H. The molecule has 2 aromatic rings. The molecule has 0 bridgehead atoms. The summed E-state index contributed by atoms with van der Waals surface area (Å²) in [6, 6.07) is 6.71. The van der Waals surface area contributed by atoms with E-state index in [2.05, 4.69) is 16.7 Å². The number of nitrogens with zero attached hydrogens (tertiary/aromatic N) is 1. The Morgan fingerprint density at radius 2 is 1.42 bits per heavy atom. The number of halogens is 6. The Labute approximate surface area is 133 Å². The Kier molecular flexibility index (Phi) is 4.57. The van der Waals surface area contributed by atoms with Gasteiger partial charge in [-0.2, -0.15) is 26.3 Å². The van der Waals surface area contributed by atoms with Gasteiger partial charge in [0.1, 0.15) is 0 Å². The van der Waals surface area contributed by atoms with E-state index in [1.54, 1.807) is 0 Å². The number of benzene rings is 2. The molecule has 1 nitrogen and oxygen atoms in total. The summed E-state index contributed by atoms with van der Waals surface area (Å²) in [7, 11) is 0. The first-order valence-corrected chi connectivity index (χ1v) is 6.39. The minimum atomic E-state index is -4.69. The topological polar surface area (TPSA) is 4.36 Å². The second-order valence-corrected chi connectivity index (χ2v) is 4.66. The van der Waals surface area contributed by atoms with Crippen molar-refractivity contribution < 1.29 is 26.3 Å². The molecule has 0 aliphatic rings. The quantitative estimate of drug-likeness (QED) is 0.331. The van der Waals surface area contributed by atoms with Gasteiger partial charge in [0.25, 0.3) is 0 Å². The minimum Gasteiger partial charge on any atom is -0.238 e. The first kappa shape index (κ1) is 17.4. The Morgan fingerprint density at radius 3 is 1.92 bits per heavy atom. The summed E-state index contributed by atoms with van der Waals surface area (Å²) in [6.07, 6.45) is -9.18. The summed E-state index contributed by atoms with van der Waals surface area (Å²) < 4.78 is 76.3. The molecule has 122 valence electrons. The van der Waals surface area contributed by atoms with Gasteiger partial charge in [-0.1, -0.05) is 24.0 Å². The maximum Gasteiger partial charge on any atom is 0.416 e. The molecule has 0 aliphatic carbocycles. The van der Waals surface area contributed by atoms with Crippen molar-refractivity contribution in [2.75, 3.05) is 0 Å². The van der Waals surface area contributed by atoms with E-state index in [4.69, 9.17) is 6.57 Å². The van der Waals surface area contributed by atoms with Gasteiger partial charge >= 0.3 is 12.4 Å². The van der Waals surface area contributed by atoms with E-state index in [1.165, 1.54) is 6.07 Å². The fourth-order valence-corrected chi connectivity index (χ4v) is 1.83. The zero-order valence-corrected chi connectivity index (χ0v) is 11.8. The van der Waals surface area contributed by atoms with Crippen molar-refractivity contribution in [3.8, 4) is 11.8 Å². The Bertz CT molecular complexity index is 842. The van der Waals surface area contributed by atoms with Crippen LogP contribution in [-0.2, 0) is 12.4 Å². The predicted molar refractivity (Wildman–Crippen MR) is 75.1 cm³/mol. The number of hydrogen-bond acceptors (Lipinski definition) is 0. The van der Waals surface area contributed by atoms with Gasteiger partial charge in [-0.15, -0.1) is 0 Å². The normalized spacial score (nSPS) is 11.4. The van der Waals surface area contributed by atoms with Gasteiger partial charge in [0.05, 0.1) is 17.7 Å². The van der Waals surface area contributed by atoms with Crippen LogP contribution in [0.1, 0.15) is 22.3 Å². The van der Waals surface area contributed by atoms with Crippen LogP contribution < -0.4 is 0 Å². The molecule has 0 amide bonds. The monoisotopic (exact) mass is 339 g/mol. The maximum atomic E-state index is 13.0. The number of alkyl halides is 6. The number of rotatable bonds is 0. The van der Waals surface area contributed by atoms with E-state index in [0.29, 0.717) is 6.07 Å². The summed E-state index contributed by atoms with van der Waals surface area (Å²) in [5, 5.41) is 0. The van der Waals surface area contributed by atoms with Crippen LogP contribution in [0, 0.1) is 18.4 Å². The van der Waals surface area contributed by atoms with Crippen LogP contribution in [-0.4, -0.2) is 0 Å². The molecule has 0 atom stereocenters. The molecule has 0 N–H and O–H groups in total. The molecule has 7 heteroatoms. The van der Waals surface area contributed by atoms with Gasteiger partial charge in [-0.25, -0.2) is 4.85 Å². The third-order valence-corrected chi connectivity index (χ3v) is 2.99. The average molecular weight is 339 g/mol. The van der Waals surface area contributed by atoms with E-state index in [0.717, 1.165) is 30.3 Å². The molecule has 0 saturated carbocycles. The van der Waals surface area contributed by atoms with Crippen LogP contribution >= 0.6 is 0 Å². The molecule has 0 aliphatic heterocycles. The van der Waals surface area contributed by atoms with Gasteiger partial charge in [0.2, 0.25) is 0 Å². The lowest BCUT2D eigenvalue weighted by molar-refractivity contribution is -0.138. The summed E-state index contributed by atoms with van der Waals surface area (Å²) in [6.45, 7) is 6.75. The van der Waals surface area contributed by atoms with Gasteiger partial charge in [0.15, 0.2) is 5.69 Å². The third-order valence-electron chi connectivity index (χ3n) is 2.99. The van der Waals surface area contributed by atoms with E-state index in [1.807, 2.05) is 0 Å². The van der Waals surface area contributed by atoms with E-state index >= 15 is 0 Å². The van der Waals surface area contributed by atoms with E-state index in [-0.39, 0.29) is 16.8 Å². The first-order valence-electron chi connectivity index (χ1n) is 6.39. The smallest absolute Gasteiger partial charge is 0.238 e. The van der Waals surface area contributed by atoms with Crippen molar-refractivity contribution in [1.82, 2.24) is 0 Å². The highest BCUT2D eigenvalue weighted by Gasteiger charge is 2.33. The highest BCUT2D eigenvalue weighted by molar-refractivity contribution is 5.56. The van der Waals surface area contributed by atoms with Gasteiger partial charge in [0, 0.05) is 11.1 Å². The zero-order valence-electron chi connectivity index (χ0n) is 11.8. The van der Waals surface area contributed by atoms with E-state index < -0.39 is 23.5 Å². The van der Waals surface area contributed by atoms with Crippen LogP contribution in [0.4, 0.5) is 32.0 Å². The summed E-state index contributed by atoms with van der Waals surface area (Å²) in [5.74, 6) is 4.69. The minimum absolute atomic E-state index is 0.144. The fourth-order valence-electron chi connectivity index (χ4n) is 1.83. The maximum absolute atomic E-state index is 13.0. The Morgan fingerprint density at radius 1 is 0.792 bits per heavy atom. The highest BCUT2D eigenvalue weighted by atomic mass is 19.4. The summed E-state index contributed by atoms with van der Waals surface area (Å²) in [4.78, 5) is 2.93. The van der Waals surface area contributed by atoms with Gasteiger partial charge in [-0.3, -0.25) is 0 Å². The molecule has 2 rings (SSSR count). The molecule has 0 spiro atoms. The van der Waals surface area contributed by atoms with Crippen LogP contribution in [0.2, 0.25) is 0 Å². The predicted octanol–water partition coefficient (Wildman–Crippen LogP) is 5.67. The highest BCUT2D eigenvalue weighted by Crippen LogP contribution is 2.34. The lowest BCUT2D eigenvalue weighted by atomic mass is 10.1. The molecular weight excluding hydrogens is 332 g/mol. The van der Waals surface area contributed by atoms with Gasteiger partial charge in [-0.05, 0) is 30.3 Å². The third kappa shape index (κ3) is 4.08. The Balaban J connectivity index is 2.39. The summed E-state index contributed by atoms with van der Waals surface area (Å²) >= 11 is 0. The second kappa shape index (κ2) is 6.29. The molecular formula is C17H7F6N. The molecule has 0 aromatic heterocycles. The zero-order chi connectivity index (χ0) is 18.0. The van der Waals surface area contributed by atoms with Crippen LogP contribution in [0.5, 0.6) is 0 Å². The van der Waals surface area contributed by atoms with Gasteiger partial charge < -0.3 is 0 Å². The first-order chi connectivity index (χ1) is 11.1. The van der Waals surface area contributed by atoms with Crippen molar-refractivity contribution in [3.63, 3.8) is 0 Å². The second-order valence-electron chi connectivity index (χ2n) is 4.66. The fraction of sp³-hybridized carbons (Fsp3) is 0.118.